The lowest BCUT2D eigenvalue weighted by molar-refractivity contribution is -0.384. The van der Waals surface area contributed by atoms with Gasteiger partial charge in [-0.2, -0.15) is 0 Å². The number of benzene rings is 4. The van der Waals surface area contributed by atoms with Crippen LogP contribution in [0, 0.1) is 10.1 Å². The average Bonchev–Trinajstić information content (AvgIpc) is 3.01. The minimum atomic E-state index is -0.979. The highest BCUT2D eigenvalue weighted by Crippen LogP contribution is 2.46. The van der Waals surface area contributed by atoms with Gasteiger partial charge in [0.2, 0.25) is 5.75 Å². The van der Waals surface area contributed by atoms with Crippen molar-refractivity contribution in [3.63, 3.8) is 0 Å². The van der Waals surface area contributed by atoms with Gasteiger partial charge in [0.25, 0.3) is 0 Å². The highest BCUT2D eigenvalue weighted by molar-refractivity contribution is 9.09. The Morgan fingerprint density at radius 3 is 2.63 bits per heavy atom. The molecule has 41 heavy (non-hydrogen) atoms. The highest BCUT2D eigenvalue weighted by Gasteiger charge is 2.31. The molecule has 4 aromatic carbocycles. The normalized spacial score (nSPS) is 15.0. The zero-order valence-corrected chi connectivity index (χ0v) is 24.4. The second kappa shape index (κ2) is 11.5. The van der Waals surface area contributed by atoms with Gasteiger partial charge in [-0.1, -0.05) is 76.1 Å². The van der Waals surface area contributed by atoms with Crippen LogP contribution >= 0.6 is 15.9 Å². The fourth-order valence-corrected chi connectivity index (χ4v) is 6.51. The number of methoxy groups -OCH3 is 1. The van der Waals surface area contributed by atoms with Gasteiger partial charge in [0.05, 0.1) is 17.4 Å². The van der Waals surface area contributed by atoms with Crippen LogP contribution in [0.2, 0.25) is 0 Å². The van der Waals surface area contributed by atoms with E-state index in [1.54, 1.807) is 12.1 Å². The molecule has 0 heterocycles. The van der Waals surface area contributed by atoms with Crippen molar-refractivity contribution in [2.45, 2.75) is 44.6 Å². The van der Waals surface area contributed by atoms with Gasteiger partial charge in [0.1, 0.15) is 0 Å². The Balaban J connectivity index is 1.57. The van der Waals surface area contributed by atoms with Gasteiger partial charge in [-0.25, -0.2) is 4.79 Å². The Bertz CT molecular complexity index is 1760. The van der Waals surface area contributed by atoms with Crippen LogP contribution in [-0.4, -0.2) is 29.4 Å². The zero-order chi connectivity index (χ0) is 28.5. The predicted octanol–water partition coefficient (Wildman–Crippen LogP) is 8.71. The SMILES string of the molecule is COC(=O)C(CCCBr)Oc1c(-c2ccc3ccc4c(c3c2)CCC2=C4C=CCC2)cc2ccccc2c1[N+](=O)[O-]. The third-order valence-corrected chi connectivity index (χ3v) is 8.73. The van der Waals surface area contributed by atoms with Crippen LogP contribution < -0.4 is 4.74 Å². The van der Waals surface area contributed by atoms with E-state index in [-0.39, 0.29) is 11.4 Å². The monoisotopic (exact) mass is 611 g/mol. The first-order valence-corrected chi connectivity index (χ1v) is 15.1. The van der Waals surface area contributed by atoms with Crippen LogP contribution in [0.15, 0.2) is 78.4 Å². The Hall–Kier alpha value is -3.97. The fraction of sp³-hybridized carbons (Fsp3) is 0.265. The number of aryl methyl sites for hydroxylation is 1. The molecule has 4 aromatic rings. The molecule has 0 amide bonds. The number of rotatable bonds is 8. The molecule has 6 rings (SSSR count). The number of nitro benzene ring substituents is 1. The molecule has 0 N–H and O–H groups in total. The fourth-order valence-electron chi connectivity index (χ4n) is 6.18. The molecule has 7 heteroatoms. The maximum Gasteiger partial charge on any atom is 0.347 e. The van der Waals surface area contributed by atoms with Crippen LogP contribution in [0.1, 0.15) is 43.2 Å². The number of fused-ring (bicyclic) bond motifs is 5. The Morgan fingerprint density at radius 1 is 1.00 bits per heavy atom. The number of halogens is 1. The molecule has 208 valence electrons. The Morgan fingerprint density at radius 2 is 1.83 bits per heavy atom. The van der Waals surface area contributed by atoms with Gasteiger partial charge in [-0.3, -0.25) is 10.1 Å². The number of esters is 1. The number of nitro groups is 1. The summed E-state index contributed by atoms with van der Waals surface area (Å²) in [4.78, 5) is 24.9. The molecule has 0 bridgehead atoms. The van der Waals surface area contributed by atoms with E-state index in [2.05, 4.69) is 52.3 Å². The summed E-state index contributed by atoms with van der Waals surface area (Å²) in [7, 11) is 1.30. The number of hydrogen-bond donors (Lipinski definition) is 0. The van der Waals surface area contributed by atoms with E-state index < -0.39 is 17.0 Å². The van der Waals surface area contributed by atoms with E-state index in [0.29, 0.717) is 29.1 Å². The summed E-state index contributed by atoms with van der Waals surface area (Å²) >= 11 is 3.41. The van der Waals surface area contributed by atoms with Crippen molar-refractivity contribution < 1.29 is 19.2 Å². The van der Waals surface area contributed by atoms with Crippen molar-refractivity contribution in [2.75, 3.05) is 12.4 Å². The first kappa shape index (κ1) is 27.2. The molecule has 2 aliphatic carbocycles. The lowest BCUT2D eigenvalue weighted by atomic mass is 9.79. The standard InChI is InChI=1S/C34H30BrNO5/c1-40-34(37)31(11-6-18-35)41-33-30(20-23-8-3-5-10-26(23)32(33)36(38)39)24-13-12-22-15-16-27-25-9-4-2-7-21(25)14-17-28(27)29(22)19-24/h3-5,8-10,12-13,15-16,19-20,31H,2,6-7,11,14,17-18H2,1H3. The molecule has 0 radical (unpaired) electrons. The van der Waals surface area contributed by atoms with E-state index in [1.807, 2.05) is 24.3 Å². The molecule has 1 atom stereocenters. The van der Waals surface area contributed by atoms with E-state index in [0.717, 1.165) is 47.4 Å². The Kier molecular flexibility index (Phi) is 7.63. The van der Waals surface area contributed by atoms with E-state index in [9.17, 15) is 14.9 Å². The second-order valence-corrected chi connectivity index (χ2v) is 11.3. The van der Waals surface area contributed by atoms with Gasteiger partial charge in [0.15, 0.2) is 6.10 Å². The molecular weight excluding hydrogens is 582 g/mol. The number of carbonyl (C=O) groups excluding carboxylic acids is 1. The molecule has 0 aliphatic heterocycles. The molecule has 1 unspecified atom stereocenters. The topological polar surface area (TPSA) is 78.7 Å². The number of ether oxygens (including phenoxy) is 2. The van der Waals surface area contributed by atoms with Crippen LogP contribution in [0.4, 0.5) is 5.69 Å². The second-order valence-electron chi connectivity index (χ2n) is 10.5. The number of nitrogens with zero attached hydrogens (tertiary/aromatic N) is 1. The van der Waals surface area contributed by atoms with Gasteiger partial charge in [-0.15, -0.1) is 0 Å². The minimum absolute atomic E-state index is 0.0861. The summed E-state index contributed by atoms with van der Waals surface area (Å²) in [5.74, 6) is -0.473. The maximum absolute atomic E-state index is 12.7. The third-order valence-electron chi connectivity index (χ3n) is 8.17. The van der Waals surface area contributed by atoms with Crippen molar-refractivity contribution >= 4 is 54.7 Å². The highest BCUT2D eigenvalue weighted by atomic mass is 79.9. The number of carbonyl (C=O) groups is 1. The Labute approximate surface area is 246 Å². The molecule has 0 saturated carbocycles. The number of hydrogen-bond acceptors (Lipinski definition) is 5. The van der Waals surface area contributed by atoms with Crippen LogP contribution in [0.3, 0.4) is 0 Å². The lowest BCUT2D eigenvalue weighted by Gasteiger charge is -2.25. The average molecular weight is 613 g/mol. The predicted molar refractivity (Wildman–Crippen MR) is 167 cm³/mol. The number of allylic oxidation sites excluding steroid dienone is 4. The van der Waals surface area contributed by atoms with Crippen molar-refractivity contribution in [1.82, 2.24) is 0 Å². The van der Waals surface area contributed by atoms with Crippen molar-refractivity contribution in [1.29, 1.82) is 0 Å². The van der Waals surface area contributed by atoms with Crippen molar-refractivity contribution in [3.8, 4) is 16.9 Å². The molecule has 2 aliphatic rings. The van der Waals surface area contributed by atoms with Crippen LogP contribution in [0.5, 0.6) is 5.75 Å². The summed E-state index contributed by atoms with van der Waals surface area (Å²) in [6.45, 7) is 0. The first-order chi connectivity index (χ1) is 20.0. The van der Waals surface area contributed by atoms with Gasteiger partial charge in [-0.05, 0) is 95.1 Å². The molecule has 0 fully saturated rings. The lowest BCUT2D eigenvalue weighted by Crippen LogP contribution is -2.29. The molecule has 0 aromatic heterocycles. The van der Waals surface area contributed by atoms with Gasteiger partial charge >= 0.3 is 11.7 Å². The van der Waals surface area contributed by atoms with Crippen LogP contribution in [0.25, 0.3) is 38.2 Å². The summed E-state index contributed by atoms with van der Waals surface area (Å²) < 4.78 is 11.3. The summed E-state index contributed by atoms with van der Waals surface area (Å²) in [5.41, 5.74) is 6.67. The van der Waals surface area contributed by atoms with Crippen LogP contribution in [-0.2, 0) is 16.0 Å². The maximum atomic E-state index is 12.7. The summed E-state index contributed by atoms with van der Waals surface area (Å²) in [6, 6.07) is 19.7. The molecule has 0 spiro atoms. The minimum Gasteiger partial charge on any atom is -0.471 e. The summed E-state index contributed by atoms with van der Waals surface area (Å²) in [6.07, 6.45) is 8.74. The van der Waals surface area contributed by atoms with Gasteiger partial charge in [0, 0.05) is 10.9 Å². The van der Waals surface area contributed by atoms with Gasteiger partial charge < -0.3 is 9.47 Å². The molecular formula is C34H30BrNO5. The number of alkyl halides is 1. The van der Waals surface area contributed by atoms with Crippen molar-refractivity contribution in [3.05, 3.63) is 99.6 Å². The molecule has 6 nitrogen and oxygen atoms in total. The van der Waals surface area contributed by atoms with E-state index in [1.165, 1.54) is 29.4 Å². The largest absolute Gasteiger partial charge is 0.471 e. The van der Waals surface area contributed by atoms with E-state index in [4.69, 9.17) is 9.47 Å². The third kappa shape index (κ3) is 5.04. The quantitative estimate of drug-likeness (QED) is 0.0861. The molecule has 0 saturated heterocycles. The zero-order valence-electron chi connectivity index (χ0n) is 22.8. The van der Waals surface area contributed by atoms with E-state index >= 15 is 0 Å². The van der Waals surface area contributed by atoms with Crippen molar-refractivity contribution in [2.24, 2.45) is 0 Å². The summed E-state index contributed by atoms with van der Waals surface area (Å²) in [5, 5.41) is 16.7. The first-order valence-electron chi connectivity index (χ1n) is 14.0. The smallest absolute Gasteiger partial charge is 0.347 e.